The topological polar surface area (TPSA) is 38.7 Å². The zero-order chi connectivity index (χ0) is 11.3. The highest BCUT2D eigenvalue weighted by Gasteiger charge is 2.07. The molecule has 0 aliphatic carbocycles. The molecule has 0 amide bonds. The zero-order valence-electron chi connectivity index (χ0n) is 8.87. The van der Waals surface area contributed by atoms with Gasteiger partial charge in [-0.05, 0) is 33.6 Å². The molecule has 0 aliphatic heterocycles. The first-order valence-electron chi connectivity index (χ1n) is 4.66. The fraction of sp³-hybridized carbons (Fsp3) is 0.455. The summed E-state index contributed by atoms with van der Waals surface area (Å²) in [5.74, 6) is 0.792. The summed E-state index contributed by atoms with van der Waals surface area (Å²) in [6.07, 6.45) is 0.117. The Balaban J connectivity index is 2.66. The van der Waals surface area contributed by atoms with Crippen molar-refractivity contribution in [3.05, 3.63) is 28.2 Å². The Morgan fingerprint density at radius 3 is 2.67 bits per heavy atom. The van der Waals surface area contributed by atoms with Gasteiger partial charge in [-0.15, -0.1) is 0 Å². The molecule has 3 nitrogen and oxygen atoms in total. The highest BCUT2D eigenvalue weighted by atomic mass is 79.9. The van der Waals surface area contributed by atoms with Crippen LogP contribution in [0.25, 0.3) is 0 Å². The Morgan fingerprint density at radius 1 is 1.40 bits per heavy atom. The Kier molecular flexibility index (Phi) is 5.08. The van der Waals surface area contributed by atoms with Crippen molar-refractivity contribution in [2.75, 3.05) is 20.8 Å². The summed E-state index contributed by atoms with van der Waals surface area (Å²) in [7, 11) is 3.20. The van der Waals surface area contributed by atoms with Crippen LogP contribution in [0.5, 0.6) is 5.75 Å². The second kappa shape index (κ2) is 6.10. The number of aliphatic hydroxyl groups excluding tert-OH is 1. The van der Waals surface area contributed by atoms with Gasteiger partial charge in [-0.1, -0.05) is 6.07 Å². The van der Waals surface area contributed by atoms with E-state index in [1.165, 1.54) is 0 Å². The lowest BCUT2D eigenvalue weighted by Gasteiger charge is -2.10. The average molecular weight is 275 g/mol. The SMILES string of the molecule is COCC(O)Cc1ccc(OC)c(Br)c1. The van der Waals surface area contributed by atoms with Crippen LogP contribution in [0.3, 0.4) is 0 Å². The van der Waals surface area contributed by atoms with Crippen LogP contribution in [-0.4, -0.2) is 32.0 Å². The van der Waals surface area contributed by atoms with Gasteiger partial charge < -0.3 is 14.6 Å². The first-order chi connectivity index (χ1) is 7.17. The van der Waals surface area contributed by atoms with Crippen LogP contribution in [0.2, 0.25) is 0 Å². The third-order valence-electron chi connectivity index (χ3n) is 2.05. The van der Waals surface area contributed by atoms with Gasteiger partial charge in [0.1, 0.15) is 5.75 Å². The third-order valence-corrected chi connectivity index (χ3v) is 2.67. The molecule has 0 saturated carbocycles. The van der Waals surface area contributed by atoms with Gasteiger partial charge in [0.05, 0.1) is 24.3 Å². The number of halogens is 1. The van der Waals surface area contributed by atoms with Crippen molar-refractivity contribution < 1.29 is 14.6 Å². The molecule has 0 aliphatic rings. The van der Waals surface area contributed by atoms with E-state index in [0.29, 0.717) is 13.0 Å². The highest BCUT2D eigenvalue weighted by molar-refractivity contribution is 9.10. The smallest absolute Gasteiger partial charge is 0.133 e. The molecule has 0 spiro atoms. The van der Waals surface area contributed by atoms with Gasteiger partial charge in [0.15, 0.2) is 0 Å². The van der Waals surface area contributed by atoms with E-state index in [9.17, 15) is 5.11 Å². The van der Waals surface area contributed by atoms with Crippen LogP contribution in [0.4, 0.5) is 0 Å². The molecular formula is C11H15BrO3. The van der Waals surface area contributed by atoms with Crippen LogP contribution in [0, 0.1) is 0 Å². The normalized spacial score (nSPS) is 12.5. The molecule has 1 N–H and O–H groups in total. The Morgan fingerprint density at radius 2 is 2.13 bits per heavy atom. The van der Waals surface area contributed by atoms with Gasteiger partial charge >= 0.3 is 0 Å². The van der Waals surface area contributed by atoms with Gasteiger partial charge in [0, 0.05) is 13.5 Å². The average Bonchev–Trinajstić information content (AvgIpc) is 2.18. The molecule has 4 heteroatoms. The van der Waals surface area contributed by atoms with E-state index in [2.05, 4.69) is 15.9 Å². The summed E-state index contributed by atoms with van der Waals surface area (Å²) in [5.41, 5.74) is 1.05. The number of rotatable bonds is 5. The monoisotopic (exact) mass is 274 g/mol. The molecule has 84 valence electrons. The summed E-state index contributed by atoms with van der Waals surface area (Å²) < 4.78 is 10.9. The number of hydrogen-bond acceptors (Lipinski definition) is 3. The standard InChI is InChI=1S/C11H15BrO3/c1-14-7-9(13)5-8-3-4-11(15-2)10(12)6-8/h3-4,6,9,13H,5,7H2,1-2H3. The van der Waals surface area contributed by atoms with E-state index in [0.717, 1.165) is 15.8 Å². The van der Waals surface area contributed by atoms with Gasteiger partial charge in [-0.25, -0.2) is 0 Å². The van der Waals surface area contributed by atoms with Crippen LogP contribution < -0.4 is 4.74 Å². The minimum absolute atomic E-state index is 0.351. The van der Waals surface area contributed by atoms with Crippen molar-refractivity contribution in [2.24, 2.45) is 0 Å². The molecule has 0 fully saturated rings. The molecule has 0 bridgehead atoms. The molecule has 1 unspecified atom stereocenters. The molecule has 0 aromatic heterocycles. The van der Waals surface area contributed by atoms with Crippen molar-refractivity contribution in [3.8, 4) is 5.75 Å². The maximum atomic E-state index is 9.55. The van der Waals surface area contributed by atoms with Crippen molar-refractivity contribution in [1.29, 1.82) is 0 Å². The molecule has 1 aromatic rings. The zero-order valence-corrected chi connectivity index (χ0v) is 10.5. The Bertz CT molecular complexity index is 315. The Hall–Kier alpha value is -0.580. The first kappa shape index (κ1) is 12.5. The molecular weight excluding hydrogens is 260 g/mol. The lowest BCUT2D eigenvalue weighted by Crippen LogP contribution is -2.16. The largest absolute Gasteiger partial charge is 0.496 e. The molecule has 0 heterocycles. The van der Waals surface area contributed by atoms with Gasteiger partial charge in [0.25, 0.3) is 0 Å². The lowest BCUT2D eigenvalue weighted by atomic mass is 10.1. The van der Waals surface area contributed by atoms with Crippen molar-refractivity contribution in [1.82, 2.24) is 0 Å². The van der Waals surface area contributed by atoms with Crippen LogP contribution in [0.15, 0.2) is 22.7 Å². The van der Waals surface area contributed by atoms with Gasteiger partial charge in [0.2, 0.25) is 0 Å². The summed E-state index contributed by atoms with van der Waals surface area (Å²) in [6.45, 7) is 0.351. The molecule has 1 atom stereocenters. The predicted molar refractivity (Wildman–Crippen MR) is 62.3 cm³/mol. The van der Waals surface area contributed by atoms with E-state index < -0.39 is 6.10 Å². The summed E-state index contributed by atoms with van der Waals surface area (Å²) in [5, 5.41) is 9.55. The molecule has 0 saturated heterocycles. The van der Waals surface area contributed by atoms with Crippen molar-refractivity contribution >= 4 is 15.9 Å². The minimum atomic E-state index is -0.463. The van der Waals surface area contributed by atoms with E-state index >= 15 is 0 Å². The number of methoxy groups -OCH3 is 2. The quantitative estimate of drug-likeness (QED) is 0.893. The number of aliphatic hydroxyl groups is 1. The maximum Gasteiger partial charge on any atom is 0.133 e. The predicted octanol–water partition coefficient (Wildman–Crippen LogP) is 2.01. The minimum Gasteiger partial charge on any atom is -0.496 e. The molecule has 1 rings (SSSR count). The summed E-state index contributed by atoms with van der Waals surface area (Å²) in [6, 6.07) is 5.75. The van der Waals surface area contributed by atoms with Crippen LogP contribution in [0.1, 0.15) is 5.56 Å². The fourth-order valence-electron chi connectivity index (χ4n) is 1.36. The first-order valence-corrected chi connectivity index (χ1v) is 5.46. The number of ether oxygens (including phenoxy) is 2. The molecule has 0 radical (unpaired) electrons. The van der Waals surface area contributed by atoms with Crippen molar-refractivity contribution in [2.45, 2.75) is 12.5 Å². The maximum absolute atomic E-state index is 9.55. The van der Waals surface area contributed by atoms with E-state index in [4.69, 9.17) is 9.47 Å². The Labute approximate surface area is 98.1 Å². The van der Waals surface area contributed by atoms with Crippen LogP contribution >= 0.6 is 15.9 Å². The second-order valence-electron chi connectivity index (χ2n) is 3.28. The van der Waals surface area contributed by atoms with Crippen LogP contribution in [-0.2, 0) is 11.2 Å². The second-order valence-corrected chi connectivity index (χ2v) is 4.14. The van der Waals surface area contributed by atoms with E-state index in [1.54, 1.807) is 14.2 Å². The molecule has 1 aromatic carbocycles. The highest BCUT2D eigenvalue weighted by Crippen LogP contribution is 2.25. The number of benzene rings is 1. The van der Waals surface area contributed by atoms with E-state index in [-0.39, 0.29) is 0 Å². The fourth-order valence-corrected chi connectivity index (χ4v) is 1.95. The lowest BCUT2D eigenvalue weighted by molar-refractivity contribution is 0.0650. The van der Waals surface area contributed by atoms with Gasteiger partial charge in [-0.3, -0.25) is 0 Å². The van der Waals surface area contributed by atoms with E-state index in [1.807, 2.05) is 18.2 Å². The van der Waals surface area contributed by atoms with Gasteiger partial charge in [-0.2, -0.15) is 0 Å². The number of hydrogen-bond donors (Lipinski definition) is 1. The molecule has 15 heavy (non-hydrogen) atoms. The van der Waals surface area contributed by atoms with Crippen molar-refractivity contribution in [3.63, 3.8) is 0 Å². The summed E-state index contributed by atoms with van der Waals surface area (Å²) in [4.78, 5) is 0. The third kappa shape index (κ3) is 3.81. The summed E-state index contributed by atoms with van der Waals surface area (Å²) >= 11 is 3.40.